The molecule has 0 spiro atoms. The van der Waals surface area contributed by atoms with Crippen LogP contribution in [0.3, 0.4) is 0 Å². The van der Waals surface area contributed by atoms with E-state index in [1.165, 1.54) is 0 Å². The van der Waals surface area contributed by atoms with E-state index in [2.05, 4.69) is 5.32 Å². The Morgan fingerprint density at radius 1 is 1.12 bits per heavy atom. The lowest BCUT2D eigenvalue weighted by Gasteiger charge is -2.23. The van der Waals surface area contributed by atoms with Crippen molar-refractivity contribution in [2.75, 3.05) is 13.2 Å². The first-order chi connectivity index (χ1) is 12.1. The second-order valence-electron chi connectivity index (χ2n) is 5.48. The molecule has 1 saturated heterocycles. The van der Waals surface area contributed by atoms with Gasteiger partial charge in [-0.3, -0.25) is 9.59 Å². The highest BCUT2D eigenvalue weighted by molar-refractivity contribution is 6.33. The minimum absolute atomic E-state index is 0.0160. The molecule has 6 nitrogen and oxygen atoms in total. The number of ether oxygens (including phenoxy) is 1. The fourth-order valence-corrected chi connectivity index (χ4v) is 2.76. The monoisotopic (exact) mass is 358 g/mol. The average Bonchev–Trinajstić information content (AvgIpc) is 2.94. The van der Waals surface area contributed by atoms with Crippen molar-refractivity contribution < 1.29 is 19.1 Å². The van der Waals surface area contributed by atoms with Crippen LogP contribution in [0.1, 0.15) is 22.0 Å². The highest BCUT2D eigenvalue weighted by Crippen LogP contribution is 2.20. The molecule has 7 heteroatoms. The van der Waals surface area contributed by atoms with Crippen molar-refractivity contribution in [3.63, 3.8) is 0 Å². The van der Waals surface area contributed by atoms with Crippen LogP contribution in [0.4, 0.5) is 4.79 Å². The van der Waals surface area contributed by atoms with Gasteiger partial charge < -0.3 is 10.1 Å². The highest BCUT2D eigenvalue weighted by Gasteiger charge is 2.33. The molecule has 1 fully saturated rings. The second kappa shape index (κ2) is 7.36. The SMILES string of the molecule is O=C(NC(CN1C(=O)COC1=O)c1ccccc1)c1ccccc1Cl. The topological polar surface area (TPSA) is 75.7 Å². The van der Waals surface area contributed by atoms with Crippen LogP contribution in [0.5, 0.6) is 0 Å². The van der Waals surface area contributed by atoms with Crippen LogP contribution in [-0.2, 0) is 9.53 Å². The van der Waals surface area contributed by atoms with Gasteiger partial charge in [-0.15, -0.1) is 0 Å². The molecule has 0 bridgehead atoms. The molecule has 3 amide bonds. The van der Waals surface area contributed by atoms with Gasteiger partial charge in [0.15, 0.2) is 6.61 Å². The van der Waals surface area contributed by atoms with E-state index in [-0.39, 0.29) is 19.1 Å². The van der Waals surface area contributed by atoms with Crippen LogP contribution < -0.4 is 5.32 Å². The van der Waals surface area contributed by atoms with Crippen molar-refractivity contribution in [3.05, 3.63) is 70.7 Å². The first kappa shape index (κ1) is 17.0. The van der Waals surface area contributed by atoms with Gasteiger partial charge in [-0.05, 0) is 17.7 Å². The van der Waals surface area contributed by atoms with Gasteiger partial charge in [-0.2, -0.15) is 0 Å². The van der Waals surface area contributed by atoms with Crippen LogP contribution in [-0.4, -0.2) is 36.0 Å². The summed E-state index contributed by atoms with van der Waals surface area (Å²) < 4.78 is 4.73. The lowest BCUT2D eigenvalue weighted by Crippen LogP contribution is -2.40. The van der Waals surface area contributed by atoms with Crippen LogP contribution in [0.25, 0.3) is 0 Å². The molecular formula is C18H15ClN2O4. The summed E-state index contributed by atoms with van der Waals surface area (Å²) >= 11 is 6.07. The molecule has 0 radical (unpaired) electrons. The molecule has 1 unspecified atom stereocenters. The number of nitrogens with one attached hydrogen (secondary N) is 1. The summed E-state index contributed by atoms with van der Waals surface area (Å²) in [7, 11) is 0. The standard InChI is InChI=1S/C18H15ClN2O4/c19-14-9-5-4-8-13(14)17(23)20-15(12-6-2-1-3-7-12)10-21-16(22)11-25-18(21)24/h1-9,15H,10-11H2,(H,20,23). The Morgan fingerprint density at radius 3 is 2.44 bits per heavy atom. The minimum Gasteiger partial charge on any atom is -0.439 e. The van der Waals surface area contributed by atoms with Gasteiger partial charge in [0.25, 0.3) is 11.8 Å². The van der Waals surface area contributed by atoms with Gasteiger partial charge in [0.1, 0.15) is 0 Å². The van der Waals surface area contributed by atoms with E-state index < -0.39 is 18.0 Å². The van der Waals surface area contributed by atoms with E-state index in [1.54, 1.807) is 24.3 Å². The molecule has 0 saturated carbocycles. The molecule has 0 aliphatic carbocycles. The zero-order chi connectivity index (χ0) is 17.8. The summed E-state index contributed by atoms with van der Waals surface area (Å²) in [6, 6.07) is 15.2. The molecule has 2 aromatic carbocycles. The number of imide groups is 1. The maximum absolute atomic E-state index is 12.6. The van der Waals surface area contributed by atoms with Crippen molar-refractivity contribution in [2.45, 2.75) is 6.04 Å². The number of hydrogen-bond acceptors (Lipinski definition) is 4. The van der Waals surface area contributed by atoms with Gasteiger partial charge in [0, 0.05) is 0 Å². The van der Waals surface area contributed by atoms with Gasteiger partial charge in [-0.25, -0.2) is 9.69 Å². The third kappa shape index (κ3) is 3.80. The Hall–Kier alpha value is -2.86. The summed E-state index contributed by atoms with van der Waals surface area (Å²) in [4.78, 5) is 37.1. The number of halogens is 1. The molecule has 3 rings (SSSR count). The lowest BCUT2D eigenvalue weighted by molar-refractivity contribution is -0.126. The summed E-state index contributed by atoms with van der Waals surface area (Å²) in [5.41, 5.74) is 1.08. The van der Waals surface area contributed by atoms with E-state index in [1.807, 2.05) is 30.3 Å². The Balaban J connectivity index is 1.84. The molecule has 1 heterocycles. The van der Waals surface area contributed by atoms with E-state index >= 15 is 0 Å². The first-order valence-corrected chi connectivity index (χ1v) is 8.01. The van der Waals surface area contributed by atoms with Crippen molar-refractivity contribution >= 4 is 29.5 Å². The van der Waals surface area contributed by atoms with Crippen LogP contribution in [0.2, 0.25) is 5.02 Å². The van der Waals surface area contributed by atoms with Crippen molar-refractivity contribution in [3.8, 4) is 0 Å². The highest BCUT2D eigenvalue weighted by atomic mass is 35.5. The molecule has 1 aliphatic heterocycles. The summed E-state index contributed by atoms with van der Waals surface area (Å²) in [6.45, 7) is -0.295. The zero-order valence-corrected chi connectivity index (χ0v) is 13.9. The van der Waals surface area contributed by atoms with Crippen LogP contribution in [0.15, 0.2) is 54.6 Å². The van der Waals surface area contributed by atoms with E-state index in [9.17, 15) is 14.4 Å². The molecule has 1 atom stereocenters. The number of amides is 3. The predicted octanol–water partition coefficient (Wildman–Crippen LogP) is 2.79. The van der Waals surface area contributed by atoms with Crippen LogP contribution in [0, 0.1) is 0 Å². The normalized spacial score (nSPS) is 15.0. The largest absolute Gasteiger partial charge is 0.439 e. The quantitative estimate of drug-likeness (QED) is 0.891. The molecular weight excluding hydrogens is 344 g/mol. The number of rotatable bonds is 5. The minimum atomic E-state index is -0.710. The number of benzene rings is 2. The molecule has 25 heavy (non-hydrogen) atoms. The van der Waals surface area contributed by atoms with Crippen molar-refractivity contribution in [2.24, 2.45) is 0 Å². The van der Waals surface area contributed by atoms with E-state index in [4.69, 9.17) is 16.3 Å². The van der Waals surface area contributed by atoms with Crippen LogP contribution >= 0.6 is 11.6 Å². The molecule has 0 aromatic heterocycles. The third-order valence-electron chi connectivity index (χ3n) is 3.83. The fourth-order valence-electron chi connectivity index (χ4n) is 2.54. The number of carbonyl (C=O) groups is 3. The zero-order valence-electron chi connectivity index (χ0n) is 13.1. The number of carbonyl (C=O) groups excluding carboxylic acids is 3. The van der Waals surface area contributed by atoms with Gasteiger partial charge in [0.05, 0.1) is 23.2 Å². The Bertz CT molecular complexity index is 794. The molecule has 1 aliphatic rings. The maximum atomic E-state index is 12.6. The van der Waals surface area contributed by atoms with E-state index in [0.29, 0.717) is 10.6 Å². The van der Waals surface area contributed by atoms with Crippen molar-refractivity contribution in [1.29, 1.82) is 0 Å². The number of hydrogen-bond donors (Lipinski definition) is 1. The Morgan fingerprint density at radius 2 is 1.80 bits per heavy atom. The predicted molar refractivity (Wildman–Crippen MR) is 91.2 cm³/mol. The van der Waals surface area contributed by atoms with Crippen molar-refractivity contribution in [1.82, 2.24) is 10.2 Å². The smallest absolute Gasteiger partial charge is 0.417 e. The molecule has 1 N–H and O–H groups in total. The Labute approximate surface area is 149 Å². The van der Waals surface area contributed by atoms with Gasteiger partial charge in [0.2, 0.25) is 0 Å². The molecule has 2 aromatic rings. The fraction of sp³-hybridized carbons (Fsp3) is 0.167. The Kier molecular flexibility index (Phi) is 5.00. The van der Waals surface area contributed by atoms with Gasteiger partial charge >= 0.3 is 6.09 Å². The lowest BCUT2D eigenvalue weighted by atomic mass is 10.1. The summed E-state index contributed by atoms with van der Waals surface area (Å²) in [5.74, 6) is -0.822. The van der Waals surface area contributed by atoms with Gasteiger partial charge in [-0.1, -0.05) is 54.1 Å². The summed E-state index contributed by atoms with van der Waals surface area (Å²) in [5, 5.41) is 3.16. The second-order valence-corrected chi connectivity index (χ2v) is 5.88. The van der Waals surface area contributed by atoms with E-state index in [0.717, 1.165) is 10.5 Å². The maximum Gasteiger partial charge on any atom is 0.417 e. The summed E-state index contributed by atoms with van der Waals surface area (Å²) in [6.07, 6.45) is -0.710. The third-order valence-corrected chi connectivity index (χ3v) is 4.16. The average molecular weight is 359 g/mol. The molecule has 128 valence electrons. The number of nitrogens with zero attached hydrogens (tertiary/aromatic N) is 1. The first-order valence-electron chi connectivity index (χ1n) is 7.63. The number of cyclic esters (lactones) is 1.